The molecule has 1 unspecified atom stereocenters. The third-order valence-electron chi connectivity index (χ3n) is 4.36. The maximum Gasteiger partial charge on any atom is 0.269 e. The standard InChI is InChI=1S/C19H17N3O3/c1-13-12-25-17-9-5-4-8-16(17)22(13)19(24)11-21-15-7-3-2-6-14(15)20-10-18(21)23/h2-10,13H,11-12H2,1H3. The van der Waals surface area contributed by atoms with E-state index in [0.717, 1.165) is 5.69 Å². The second kappa shape index (κ2) is 6.05. The average Bonchev–Trinajstić information content (AvgIpc) is 2.64. The van der Waals surface area contributed by atoms with Crippen LogP contribution in [-0.2, 0) is 11.3 Å². The number of para-hydroxylation sites is 4. The molecule has 0 saturated carbocycles. The molecule has 126 valence electrons. The predicted molar refractivity (Wildman–Crippen MR) is 94.9 cm³/mol. The number of carbonyl (C=O) groups is 1. The van der Waals surface area contributed by atoms with Gasteiger partial charge in [0.05, 0.1) is 29.0 Å². The maximum absolute atomic E-state index is 13.0. The lowest BCUT2D eigenvalue weighted by Gasteiger charge is -2.35. The SMILES string of the molecule is CC1COc2ccccc2N1C(=O)Cn1c(=O)cnc2ccccc21. The Balaban J connectivity index is 1.74. The minimum Gasteiger partial charge on any atom is -0.489 e. The minimum atomic E-state index is -0.291. The van der Waals surface area contributed by atoms with Crippen LogP contribution in [0, 0.1) is 0 Å². The molecule has 1 aliphatic rings. The first kappa shape index (κ1) is 15.4. The van der Waals surface area contributed by atoms with Gasteiger partial charge in [-0.2, -0.15) is 0 Å². The number of rotatable bonds is 2. The highest BCUT2D eigenvalue weighted by Crippen LogP contribution is 2.33. The van der Waals surface area contributed by atoms with Crippen LogP contribution < -0.4 is 15.2 Å². The molecule has 0 aliphatic carbocycles. The first-order valence-corrected chi connectivity index (χ1v) is 8.13. The van der Waals surface area contributed by atoms with E-state index in [9.17, 15) is 9.59 Å². The van der Waals surface area contributed by atoms with Crippen molar-refractivity contribution in [2.75, 3.05) is 11.5 Å². The Kier molecular flexibility index (Phi) is 3.72. The largest absolute Gasteiger partial charge is 0.489 e. The maximum atomic E-state index is 13.0. The van der Waals surface area contributed by atoms with Crippen molar-refractivity contribution >= 4 is 22.6 Å². The van der Waals surface area contributed by atoms with E-state index >= 15 is 0 Å². The molecule has 4 rings (SSSR count). The summed E-state index contributed by atoms with van der Waals surface area (Å²) >= 11 is 0. The summed E-state index contributed by atoms with van der Waals surface area (Å²) in [5.74, 6) is 0.530. The van der Waals surface area contributed by atoms with Gasteiger partial charge in [0.1, 0.15) is 18.9 Å². The fourth-order valence-corrected chi connectivity index (χ4v) is 3.17. The number of nitrogens with zero attached hydrogens (tertiary/aromatic N) is 3. The molecular weight excluding hydrogens is 318 g/mol. The Bertz CT molecular complexity index is 1010. The Labute approximate surface area is 144 Å². The fourth-order valence-electron chi connectivity index (χ4n) is 3.17. The van der Waals surface area contributed by atoms with Gasteiger partial charge in [-0.05, 0) is 31.2 Å². The number of hydrogen-bond donors (Lipinski definition) is 0. The number of amides is 1. The summed E-state index contributed by atoms with van der Waals surface area (Å²) in [6.45, 7) is 2.32. The topological polar surface area (TPSA) is 64.4 Å². The second-order valence-electron chi connectivity index (χ2n) is 6.06. The summed E-state index contributed by atoms with van der Waals surface area (Å²) in [5, 5.41) is 0. The third-order valence-corrected chi connectivity index (χ3v) is 4.36. The molecule has 25 heavy (non-hydrogen) atoms. The summed E-state index contributed by atoms with van der Waals surface area (Å²) in [5.41, 5.74) is 1.78. The zero-order chi connectivity index (χ0) is 17.4. The highest BCUT2D eigenvalue weighted by Gasteiger charge is 2.29. The highest BCUT2D eigenvalue weighted by molar-refractivity contribution is 5.96. The molecule has 1 atom stereocenters. The minimum absolute atomic E-state index is 0.0411. The van der Waals surface area contributed by atoms with E-state index in [4.69, 9.17) is 4.74 Å². The van der Waals surface area contributed by atoms with E-state index in [2.05, 4.69) is 4.98 Å². The molecule has 0 saturated heterocycles. The van der Waals surface area contributed by atoms with Crippen molar-refractivity contribution in [2.24, 2.45) is 0 Å². The van der Waals surface area contributed by atoms with Gasteiger partial charge >= 0.3 is 0 Å². The molecular formula is C19H17N3O3. The Hall–Kier alpha value is -3.15. The molecule has 2 heterocycles. The molecule has 2 aromatic carbocycles. The van der Waals surface area contributed by atoms with Crippen molar-refractivity contribution in [3.63, 3.8) is 0 Å². The van der Waals surface area contributed by atoms with E-state index in [1.165, 1.54) is 10.8 Å². The summed E-state index contributed by atoms with van der Waals surface area (Å²) in [6.07, 6.45) is 1.26. The van der Waals surface area contributed by atoms with Crippen LogP contribution in [0.1, 0.15) is 6.92 Å². The van der Waals surface area contributed by atoms with Crippen LogP contribution in [0.2, 0.25) is 0 Å². The van der Waals surface area contributed by atoms with Crippen LogP contribution >= 0.6 is 0 Å². The van der Waals surface area contributed by atoms with Gasteiger partial charge in [0.15, 0.2) is 0 Å². The number of ether oxygens (including phenoxy) is 1. The van der Waals surface area contributed by atoms with Gasteiger partial charge in [-0.1, -0.05) is 24.3 Å². The van der Waals surface area contributed by atoms with Crippen LogP contribution in [-0.4, -0.2) is 28.1 Å². The Morgan fingerprint density at radius 2 is 1.96 bits per heavy atom. The van der Waals surface area contributed by atoms with Crippen LogP contribution in [0.15, 0.2) is 59.5 Å². The van der Waals surface area contributed by atoms with E-state index < -0.39 is 0 Å². The second-order valence-corrected chi connectivity index (χ2v) is 6.06. The van der Waals surface area contributed by atoms with Gasteiger partial charge in [-0.15, -0.1) is 0 Å². The number of benzene rings is 2. The molecule has 0 N–H and O–H groups in total. The van der Waals surface area contributed by atoms with Gasteiger partial charge in [0, 0.05) is 0 Å². The zero-order valence-corrected chi connectivity index (χ0v) is 13.8. The highest BCUT2D eigenvalue weighted by atomic mass is 16.5. The first-order valence-electron chi connectivity index (χ1n) is 8.13. The van der Waals surface area contributed by atoms with E-state index in [1.54, 1.807) is 11.0 Å². The summed E-state index contributed by atoms with van der Waals surface area (Å²) in [6, 6.07) is 14.6. The molecule has 1 aromatic heterocycles. The van der Waals surface area contributed by atoms with Crippen LogP contribution in [0.5, 0.6) is 5.75 Å². The third kappa shape index (κ3) is 2.65. The van der Waals surface area contributed by atoms with E-state index in [-0.39, 0.29) is 24.1 Å². The fraction of sp³-hybridized carbons (Fsp3) is 0.211. The normalized spacial score (nSPS) is 16.4. The number of fused-ring (bicyclic) bond motifs is 2. The Morgan fingerprint density at radius 3 is 2.84 bits per heavy atom. The quantitative estimate of drug-likeness (QED) is 0.720. The van der Waals surface area contributed by atoms with Gasteiger partial charge in [0.2, 0.25) is 5.91 Å². The van der Waals surface area contributed by atoms with Crippen molar-refractivity contribution in [2.45, 2.75) is 19.5 Å². The predicted octanol–water partition coefficient (Wildman–Crippen LogP) is 2.21. The lowest BCUT2D eigenvalue weighted by Crippen LogP contribution is -2.47. The lowest BCUT2D eigenvalue weighted by atomic mass is 10.1. The molecule has 6 nitrogen and oxygen atoms in total. The molecule has 0 spiro atoms. The summed E-state index contributed by atoms with van der Waals surface area (Å²) in [7, 11) is 0. The smallest absolute Gasteiger partial charge is 0.269 e. The number of hydrogen-bond acceptors (Lipinski definition) is 4. The monoisotopic (exact) mass is 335 g/mol. The average molecular weight is 335 g/mol. The first-order chi connectivity index (χ1) is 12.1. The van der Waals surface area contributed by atoms with Crippen LogP contribution in [0.4, 0.5) is 5.69 Å². The van der Waals surface area contributed by atoms with E-state index in [1.807, 2.05) is 49.4 Å². The van der Waals surface area contributed by atoms with Gasteiger partial charge in [-0.3, -0.25) is 14.2 Å². The number of carbonyl (C=O) groups excluding carboxylic acids is 1. The van der Waals surface area contributed by atoms with Crippen molar-refractivity contribution in [3.05, 3.63) is 65.1 Å². The number of anilines is 1. The molecule has 1 amide bonds. The lowest BCUT2D eigenvalue weighted by molar-refractivity contribution is -0.119. The molecule has 1 aliphatic heterocycles. The van der Waals surface area contributed by atoms with Gasteiger partial charge in [0.25, 0.3) is 5.56 Å². The molecule has 0 radical (unpaired) electrons. The van der Waals surface area contributed by atoms with Crippen molar-refractivity contribution in [1.82, 2.24) is 9.55 Å². The summed E-state index contributed by atoms with van der Waals surface area (Å²) in [4.78, 5) is 31.2. The van der Waals surface area contributed by atoms with Crippen LogP contribution in [0.25, 0.3) is 11.0 Å². The van der Waals surface area contributed by atoms with Gasteiger partial charge < -0.3 is 9.64 Å². The van der Waals surface area contributed by atoms with Crippen molar-refractivity contribution < 1.29 is 9.53 Å². The zero-order valence-electron chi connectivity index (χ0n) is 13.8. The van der Waals surface area contributed by atoms with Crippen LogP contribution in [0.3, 0.4) is 0 Å². The molecule has 0 bridgehead atoms. The van der Waals surface area contributed by atoms with Crippen molar-refractivity contribution in [3.8, 4) is 5.75 Å². The van der Waals surface area contributed by atoms with E-state index in [0.29, 0.717) is 23.4 Å². The molecule has 0 fully saturated rings. The Morgan fingerprint density at radius 1 is 1.20 bits per heavy atom. The van der Waals surface area contributed by atoms with Crippen molar-refractivity contribution in [1.29, 1.82) is 0 Å². The van der Waals surface area contributed by atoms with Gasteiger partial charge in [-0.25, -0.2) is 4.98 Å². The summed E-state index contributed by atoms with van der Waals surface area (Å²) < 4.78 is 7.16. The number of aromatic nitrogens is 2. The molecule has 3 aromatic rings. The molecule has 6 heteroatoms.